The molecule has 0 saturated carbocycles. The van der Waals surface area contributed by atoms with E-state index in [9.17, 15) is 18.0 Å². The summed E-state index contributed by atoms with van der Waals surface area (Å²) in [6.07, 6.45) is 0. The second-order valence-corrected chi connectivity index (χ2v) is 7.25. The Balaban J connectivity index is 2.63. The summed E-state index contributed by atoms with van der Waals surface area (Å²) in [5.74, 6) is -1.70. The van der Waals surface area contributed by atoms with Gasteiger partial charge in [0.2, 0.25) is 5.12 Å². The van der Waals surface area contributed by atoms with Crippen molar-refractivity contribution in [2.75, 3.05) is 5.75 Å². The fourth-order valence-electron chi connectivity index (χ4n) is 1.78. The third kappa shape index (κ3) is 2.68. The van der Waals surface area contributed by atoms with Crippen LogP contribution in [0.25, 0.3) is 0 Å². The minimum Gasteiger partial charge on any atom is -0.370 e. The molecule has 0 fully saturated rings. The van der Waals surface area contributed by atoms with Gasteiger partial charge in [-0.1, -0.05) is 0 Å². The molecule has 0 spiro atoms. The second-order valence-electron chi connectivity index (χ2n) is 4.19. The van der Waals surface area contributed by atoms with Gasteiger partial charge in [-0.05, 0) is 36.4 Å². The highest BCUT2D eigenvalue weighted by atomic mass is 32.2. The van der Waals surface area contributed by atoms with Crippen LogP contribution >= 0.6 is 11.8 Å². The Hall–Kier alpha value is -1.87. The van der Waals surface area contributed by atoms with E-state index in [2.05, 4.69) is 4.99 Å². The van der Waals surface area contributed by atoms with E-state index in [0.29, 0.717) is 10.5 Å². The number of sulfone groups is 1. The zero-order valence-electron chi connectivity index (χ0n) is 10.4. The fourth-order valence-corrected chi connectivity index (χ4v) is 4.75. The van der Waals surface area contributed by atoms with Crippen LogP contribution in [0.3, 0.4) is 0 Å². The number of thioether (sulfide) groups is 1. The van der Waals surface area contributed by atoms with Gasteiger partial charge in [-0.25, -0.2) is 8.42 Å². The van der Waals surface area contributed by atoms with E-state index in [1.807, 2.05) is 0 Å². The number of hydrogen-bond acceptors (Lipinski definition) is 5. The molecule has 4 N–H and O–H groups in total. The van der Waals surface area contributed by atoms with Crippen LogP contribution in [-0.2, 0) is 14.6 Å². The molecular formula is C11H11N3O4S2. The zero-order chi connectivity index (χ0) is 15.1. The van der Waals surface area contributed by atoms with E-state index in [4.69, 9.17) is 11.5 Å². The van der Waals surface area contributed by atoms with Crippen molar-refractivity contribution in [2.24, 2.45) is 16.5 Å². The number of fused-ring (bicyclic) bond motifs is 1. The highest BCUT2D eigenvalue weighted by Gasteiger charge is 2.31. The number of guanidine groups is 1. The van der Waals surface area contributed by atoms with E-state index in [1.165, 1.54) is 12.1 Å². The van der Waals surface area contributed by atoms with Gasteiger partial charge in [0.05, 0.1) is 4.90 Å². The maximum Gasteiger partial charge on any atom is 0.280 e. The predicted octanol–water partition coefficient (Wildman–Crippen LogP) is -0.185. The average Bonchev–Trinajstić information content (AvgIpc) is 2.24. The topological polar surface area (TPSA) is 133 Å². The molecule has 1 amide bonds. The maximum atomic E-state index is 12.0. The Labute approximate surface area is 119 Å². The third-order valence-corrected chi connectivity index (χ3v) is 5.51. The lowest BCUT2D eigenvalue weighted by Gasteiger charge is -2.16. The number of carbonyl (C=O) groups excluding carboxylic acids is 2. The summed E-state index contributed by atoms with van der Waals surface area (Å²) in [5.41, 5.74) is 10.8. The Morgan fingerprint density at radius 2 is 2.00 bits per heavy atom. The van der Waals surface area contributed by atoms with Crippen molar-refractivity contribution in [2.45, 2.75) is 16.7 Å². The van der Waals surface area contributed by atoms with E-state index in [0.717, 1.165) is 11.8 Å². The summed E-state index contributed by atoms with van der Waals surface area (Å²) in [6, 6.07) is 2.69. The summed E-state index contributed by atoms with van der Waals surface area (Å²) in [4.78, 5) is 26.9. The van der Waals surface area contributed by atoms with Crippen LogP contribution in [0.2, 0.25) is 0 Å². The Morgan fingerprint density at radius 3 is 2.60 bits per heavy atom. The third-order valence-electron chi connectivity index (χ3n) is 2.62. The fraction of sp³-hybridized carbons (Fsp3) is 0.182. The number of amides is 1. The summed E-state index contributed by atoms with van der Waals surface area (Å²) < 4.78 is 23.9. The van der Waals surface area contributed by atoms with Crippen molar-refractivity contribution in [3.8, 4) is 0 Å². The summed E-state index contributed by atoms with van der Waals surface area (Å²) in [6.45, 7) is 1.61. The van der Waals surface area contributed by atoms with Gasteiger partial charge in [0.1, 0.15) is 5.75 Å². The van der Waals surface area contributed by atoms with Crippen LogP contribution in [0.15, 0.2) is 26.9 Å². The maximum absolute atomic E-state index is 12.0. The first-order valence-electron chi connectivity index (χ1n) is 5.43. The van der Waals surface area contributed by atoms with Crippen LogP contribution < -0.4 is 11.5 Å². The van der Waals surface area contributed by atoms with E-state index in [-0.39, 0.29) is 10.5 Å². The largest absolute Gasteiger partial charge is 0.370 e. The number of aliphatic imine (C=N–C) groups is 1. The standard InChI is InChI=1S/C11H11N3O4S2/c1-5-2-7-8(20(17,18)4-9(15)19-7)3-6(5)10(16)14-11(12)13/h2-3H,4H2,1H3,(H4,12,13,14,16). The quantitative estimate of drug-likeness (QED) is 0.542. The summed E-state index contributed by atoms with van der Waals surface area (Å²) in [5, 5.41) is -0.444. The predicted molar refractivity (Wildman–Crippen MR) is 74.2 cm³/mol. The first-order chi connectivity index (χ1) is 9.20. The van der Waals surface area contributed by atoms with E-state index >= 15 is 0 Å². The normalized spacial score (nSPS) is 16.4. The van der Waals surface area contributed by atoms with Gasteiger partial charge in [-0.3, -0.25) is 9.59 Å². The highest BCUT2D eigenvalue weighted by Crippen LogP contribution is 2.35. The Bertz CT molecular complexity index is 749. The van der Waals surface area contributed by atoms with Gasteiger partial charge in [0.15, 0.2) is 15.8 Å². The van der Waals surface area contributed by atoms with Gasteiger partial charge >= 0.3 is 0 Å². The van der Waals surface area contributed by atoms with Crippen LogP contribution in [0.5, 0.6) is 0 Å². The second kappa shape index (κ2) is 4.91. The average molecular weight is 313 g/mol. The molecule has 20 heavy (non-hydrogen) atoms. The molecule has 1 aliphatic heterocycles. The van der Waals surface area contributed by atoms with Crippen LogP contribution in [0.1, 0.15) is 15.9 Å². The summed E-state index contributed by atoms with van der Waals surface area (Å²) >= 11 is 0.848. The number of nitrogens with zero attached hydrogens (tertiary/aromatic N) is 1. The lowest BCUT2D eigenvalue weighted by atomic mass is 10.1. The van der Waals surface area contributed by atoms with Gasteiger partial charge in [-0.15, -0.1) is 0 Å². The molecule has 0 radical (unpaired) electrons. The van der Waals surface area contributed by atoms with Crippen molar-refractivity contribution in [3.63, 3.8) is 0 Å². The lowest BCUT2D eigenvalue weighted by Crippen LogP contribution is -2.24. The number of rotatable bonds is 1. The molecule has 0 aromatic heterocycles. The van der Waals surface area contributed by atoms with Crippen molar-refractivity contribution in [1.82, 2.24) is 0 Å². The van der Waals surface area contributed by atoms with Crippen molar-refractivity contribution >= 4 is 38.6 Å². The van der Waals surface area contributed by atoms with E-state index in [1.54, 1.807) is 6.92 Å². The van der Waals surface area contributed by atoms with Gasteiger partial charge in [-0.2, -0.15) is 4.99 Å². The number of aryl methyl sites for hydroxylation is 1. The van der Waals surface area contributed by atoms with Crippen LogP contribution in [-0.4, -0.2) is 31.2 Å². The van der Waals surface area contributed by atoms with Crippen molar-refractivity contribution in [1.29, 1.82) is 0 Å². The molecule has 106 valence electrons. The lowest BCUT2D eigenvalue weighted by molar-refractivity contribution is -0.108. The van der Waals surface area contributed by atoms with Crippen LogP contribution in [0, 0.1) is 6.92 Å². The molecule has 0 atom stereocenters. The van der Waals surface area contributed by atoms with Crippen molar-refractivity contribution in [3.05, 3.63) is 23.3 Å². The SMILES string of the molecule is Cc1cc2c(cc1C(=O)N=C(N)N)S(=O)(=O)CC(=O)S2. The minimum atomic E-state index is -3.73. The van der Waals surface area contributed by atoms with Gasteiger partial charge in [0, 0.05) is 10.5 Å². The molecule has 1 aliphatic rings. The van der Waals surface area contributed by atoms with Crippen LogP contribution in [0.4, 0.5) is 0 Å². The molecular weight excluding hydrogens is 302 g/mol. The molecule has 0 bridgehead atoms. The molecule has 7 nitrogen and oxygen atoms in total. The molecule has 9 heteroatoms. The smallest absolute Gasteiger partial charge is 0.280 e. The molecule has 2 rings (SSSR count). The Morgan fingerprint density at radius 1 is 1.35 bits per heavy atom. The number of nitrogens with two attached hydrogens (primary N) is 2. The first kappa shape index (κ1) is 14.5. The van der Waals surface area contributed by atoms with E-state index < -0.39 is 32.6 Å². The molecule has 1 aromatic rings. The molecule has 0 aliphatic carbocycles. The molecule has 1 aromatic carbocycles. The first-order valence-corrected chi connectivity index (χ1v) is 7.89. The number of hydrogen-bond donors (Lipinski definition) is 2. The molecule has 0 saturated heterocycles. The van der Waals surface area contributed by atoms with Crippen molar-refractivity contribution < 1.29 is 18.0 Å². The minimum absolute atomic E-state index is 0.0400. The monoisotopic (exact) mass is 313 g/mol. The zero-order valence-corrected chi connectivity index (χ0v) is 12.0. The number of carbonyl (C=O) groups is 2. The highest BCUT2D eigenvalue weighted by molar-refractivity contribution is 8.16. The summed E-state index contributed by atoms with van der Waals surface area (Å²) in [7, 11) is -3.73. The molecule has 0 unspecified atom stereocenters. The molecule has 1 heterocycles. The van der Waals surface area contributed by atoms with Gasteiger partial charge < -0.3 is 11.5 Å². The van der Waals surface area contributed by atoms with Gasteiger partial charge in [0.25, 0.3) is 5.91 Å². The Kier molecular flexibility index (Phi) is 3.57. The number of benzene rings is 1.